The second-order valence-electron chi connectivity index (χ2n) is 6.96. The second-order valence-corrected chi connectivity index (χ2v) is 6.96. The topological polar surface area (TPSA) is 81.8 Å². The molecule has 128 valence electrons. The summed E-state index contributed by atoms with van der Waals surface area (Å²) >= 11 is 0. The number of urea groups is 1. The van der Waals surface area contributed by atoms with Gasteiger partial charge in [-0.1, -0.05) is 12.8 Å². The van der Waals surface area contributed by atoms with Crippen molar-refractivity contribution in [2.75, 3.05) is 20.1 Å². The molecule has 23 heavy (non-hydrogen) atoms. The molecule has 2 heterocycles. The molecule has 3 aliphatic rings. The molecule has 2 aliphatic heterocycles. The summed E-state index contributed by atoms with van der Waals surface area (Å²) in [5, 5.41) is 6.07. The van der Waals surface area contributed by atoms with E-state index in [4.69, 9.17) is 0 Å². The highest BCUT2D eigenvalue weighted by atomic mass is 16.2. The Balaban J connectivity index is 1.68. The van der Waals surface area contributed by atoms with E-state index in [1.54, 1.807) is 11.8 Å². The minimum absolute atomic E-state index is 0.127. The molecule has 1 spiro atoms. The molecular formula is C16H26N4O3. The maximum absolute atomic E-state index is 12.7. The molecule has 4 amide bonds. The van der Waals surface area contributed by atoms with Crippen LogP contribution >= 0.6 is 0 Å². The maximum Gasteiger partial charge on any atom is 0.325 e. The fourth-order valence-electron chi connectivity index (χ4n) is 4.07. The second kappa shape index (κ2) is 6.11. The highest BCUT2D eigenvalue weighted by molar-refractivity contribution is 6.09. The number of rotatable bonds is 3. The van der Waals surface area contributed by atoms with Gasteiger partial charge in [-0.05, 0) is 39.7 Å². The van der Waals surface area contributed by atoms with E-state index in [-0.39, 0.29) is 11.8 Å². The minimum Gasteiger partial charge on any atom is -0.341 e. The van der Waals surface area contributed by atoms with Gasteiger partial charge in [-0.25, -0.2) is 9.69 Å². The van der Waals surface area contributed by atoms with Crippen LogP contribution in [0, 0.1) is 0 Å². The minimum atomic E-state index is -0.745. The molecule has 2 N–H and O–H groups in total. The molecule has 1 aliphatic carbocycles. The van der Waals surface area contributed by atoms with E-state index in [2.05, 4.69) is 10.6 Å². The zero-order valence-corrected chi connectivity index (χ0v) is 13.9. The number of hydrogen-bond donors (Lipinski definition) is 2. The number of amides is 4. The smallest absolute Gasteiger partial charge is 0.325 e. The molecule has 1 saturated carbocycles. The van der Waals surface area contributed by atoms with Crippen LogP contribution in [0.3, 0.4) is 0 Å². The van der Waals surface area contributed by atoms with Gasteiger partial charge in [0, 0.05) is 19.1 Å². The number of nitrogens with zero attached hydrogens (tertiary/aromatic N) is 2. The van der Waals surface area contributed by atoms with E-state index >= 15 is 0 Å². The Kier molecular flexibility index (Phi) is 4.31. The van der Waals surface area contributed by atoms with Crippen LogP contribution in [0.2, 0.25) is 0 Å². The van der Waals surface area contributed by atoms with Crippen molar-refractivity contribution in [3.8, 4) is 0 Å². The van der Waals surface area contributed by atoms with Gasteiger partial charge in [-0.2, -0.15) is 0 Å². The zero-order chi connectivity index (χ0) is 16.6. The number of imide groups is 1. The van der Waals surface area contributed by atoms with Crippen LogP contribution in [0.4, 0.5) is 4.79 Å². The fraction of sp³-hybridized carbons (Fsp3) is 0.812. The van der Waals surface area contributed by atoms with Crippen LogP contribution in [0.25, 0.3) is 0 Å². The maximum atomic E-state index is 12.7. The van der Waals surface area contributed by atoms with Gasteiger partial charge in [0.05, 0.1) is 0 Å². The lowest BCUT2D eigenvalue weighted by Crippen LogP contribution is -2.53. The number of piperidine rings is 1. The standard InChI is InChI=1S/C16H26N4O3/c1-11(13(21)19-9-5-12(17-2)6-10-19)20-14(22)16(18-15(20)23)7-3-4-8-16/h11-12,17H,3-10H2,1-2H3,(H,18,23). The van der Waals surface area contributed by atoms with Crippen LogP contribution in [-0.2, 0) is 9.59 Å². The highest BCUT2D eigenvalue weighted by Gasteiger charge is 2.54. The first kappa shape index (κ1) is 16.2. The van der Waals surface area contributed by atoms with Crippen LogP contribution < -0.4 is 10.6 Å². The van der Waals surface area contributed by atoms with E-state index in [0.29, 0.717) is 32.0 Å². The predicted molar refractivity (Wildman–Crippen MR) is 84.7 cm³/mol. The average molecular weight is 322 g/mol. The summed E-state index contributed by atoms with van der Waals surface area (Å²) in [6.07, 6.45) is 5.06. The Labute approximate surface area is 136 Å². The van der Waals surface area contributed by atoms with E-state index in [1.165, 1.54) is 0 Å². The molecule has 3 fully saturated rings. The van der Waals surface area contributed by atoms with E-state index in [1.807, 2.05) is 7.05 Å². The quantitative estimate of drug-likeness (QED) is 0.739. The molecule has 0 aromatic heterocycles. The lowest BCUT2D eigenvalue weighted by atomic mass is 9.97. The number of hydrogen-bond acceptors (Lipinski definition) is 4. The summed E-state index contributed by atoms with van der Waals surface area (Å²) in [5.74, 6) is -0.343. The number of likely N-dealkylation sites (tertiary alicyclic amines) is 1. The monoisotopic (exact) mass is 322 g/mol. The van der Waals surface area contributed by atoms with Crippen molar-refractivity contribution in [3.05, 3.63) is 0 Å². The first-order valence-electron chi connectivity index (χ1n) is 8.60. The van der Waals surface area contributed by atoms with Gasteiger partial charge < -0.3 is 15.5 Å². The number of carbonyl (C=O) groups excluding carboxylic acids is 3. The SMILES string of the molecule is CNC1CCN(C(=O)C(C)N2C(=O)NC3(CCCC3)C2=O)CC1. The Bertz CT molecular complexity index is 507. The summed E-state index contributed by atoms with van der Waals surface area (Å²) in [7, 11) is 1.93. The molecule has 1 atom stereocenters. The summed E-state index contributed by atoms with van der Waals surface area (Å²) in [6, 6.07) is -0.704. The number of carbonyl (C=O) groups is 3. The molecule has 0 aromatic rings. The fourth-order valence-corrected chi connectivity index (χ4v) is 4.07. The van der Waals surface area contributed by atoms with Crippen LogP contribution in [0.1, 0.15) is 45.4 Å². The summed E-state index contributed by atoms with van der Waals surface area (Å²) in [5.41, 5.74) is -0.745. The lowest BCUT2D eigenvalue weighted by Gasteiger charge is -2.35. The van der Waals surface area contributed by atoms with Gasteiger partial charge in [0.15, 0.2) is 0 Å². The molecule has 3 rings (SSSR count). The summed E-state index contributed by atoms with van der Waals surface area (Å²) < 4.78 is 0. The number of nitrogens with one attached hydrogen (secondary N) is 2. The largest absolute Gasteiger partial charge is 0.341 e. The first-order chi connectivity index (χ1) is 11.0. The van der Waals surface area contributed by atoms with Crippen LogP contribution in [0.15, 0.2) is 0 Å². The average Bonchev–Trinajstić information content (AvgIpc) is 3.12. The van der Waals surface area contributed by atoms with Gasteiger partial charge in [-0.15, -0.1) is 0 Å². The first-order valence-corrected chi connectivity index (χ1v) is 8.60. The van der Waals surface area contributed by atoms with Crippen molar-refractivity contribution in [1.82, 2.24) is 20.4 Å². The Morgan fingerprint density at radius 2 is 1.87 bits per heavy atom. The third kappa shape index (κ3) is 2.71. The van der Waals surface area contributed by atoms with Crippen molar-refractivity contribution in [2.24, 2.45) is 0 Å². The molecular weight excluding hydrogens is 296 g/mol. The van der Waals surface area contributed by atoms with E-state index in [0.717, 1.165) is 30.6 Å². The van der Waals surface area contributed by atoms with Crippen molar-refractivity contribution in [1.29, 1.82) is 0 Å². The van der Waals surface area contributed by atoms with Crippen molar-refractivity contribution in [2.45, 2.75) is 63.1 Å². The third-order valence-electron chi connectivity index (χ3n) is 5.61. The molecule has 0 radical (unpaired) electrons. The summed E-state index contributed by atoms with van der Waals surface area (Å²) in [6.45, 7) is 3.00. The van der Waals surface area contributed by atoms with Gasteiger partial charge >= 0.3 is 6.03 Å². The van der Waals surface area contributed by atoms with Crippen molar-refractivity contribution in [3.63, 3.8) is 0 Å². The normalized spacial score (nSPS) is 26.0. The van der Waals surface area contributed by atoms with Crippen LogP contribution in [0.5, 0.6) is 0 Å². The molecule has 1 unspecified atom stereocenters. The Morgan fingerprint density at radius 1 is 1.26 bits per heavy atom. The molecule has 7 nitrogen and oxygen atoms in total. The molecule has 0 bridgehead atoms. The van der Waals surface area contributed by atoms with Gasteiger partial charge in [-0.3, -0.25) is 9.59 Å². The molecule has 0 aromatic carbocycles. The molecule has 2 saturated heterocycles. The zero-order valence-electron chi connectivity index (χ0n) is 13.9. The van der Waals surface area contributed by atoms with Crippen LogP contribution in [-0.4, -0.2) is 65.4 Å². The van der Waals surface area contributed by atoms with Gasteiger partial charge in [0.1, 0.15) is 11.6 Å². The Morgan fingerprint density at radius 3 is 2.43 bits per heavy atom. The highest BCUT2D eigenvalue weighted by Crippen LogP contribution is 2.36. The van der Waals surface area contributed by atoms with Gasteiger partial charge in [0.2, 0.25) is 5.91 Å². The van der Waals surface area contributed by atoms with Gasteiger partial charge in [0.25, 0.3) is 5.91 Å². The Hall–Kier alpha value is -1.63. The predicted octanol–water partition coefficient (Wildman–Crippen LogP) is 0.450. The molecule has 7 heteroatoms. The lowest BCUT2D eigenvalue weighted by molar-refractivity contribution is -0.143. The third-order valence-corrected chi connectivity index (χ3v) is 5.61. The van der Waals surface area contributed by atoms with E-state index in [9.17, 15) is 14.4 Å². The summed E-state index contributed by atoms with van der Waals surface area (Å²) in [4.78, 5) is 40.6. The van der Waals surface area contributed by atoms with Crippen molar-refractivity contribution < 1.29 is 14.4 Å². The van der Waals surface area contributed by atoms with Crippen molar-refractivity contribution >= 4 is 17.8 Å². The van der Waals surface area contributed by atoms with E-state index < -0.39 is 17.6 Å².